The molecule has 2 heteroatoms. The molecule has 2 saturated heterocycles. The van der Waals surface area contributed by atoms with Gasteiger partial charge in [-0.25, -0.2) is 0 Å². The molecule has 2 aliphatic heterocycles. The highest BCUT2D eigenvalue weighted by Crippen LogP contribution is 2.10. The van der Waals surface area contributed by atoms with Crippen LogP contribution in [0.5, 0.6) is 0 Å². The Hall–Kier alpha value is -0.0800. The molecule has 2 aliphatic rings. The molecule has 0 spiro atoms. The van der Waals surface area contributed by atoms with Gasteiger partial charge in [-0.3, -0.25) is 0 Å². The standard InChI is InChI=1S/2C7H15N.C2H6/c2*1-7(2)8-5-3-4-6-8;1-2/h2*7H,3-6H2,1-2H3;1-2H3. The largest absolute Gasteiger partial charge is 0.301 e. The van der Waals surface area contributed by atoms with Crippen LogP contribution in [0.3, 0.4) is 0 Å². The Morgan fingerprint density at radius 3 is 0.889 bits per heavy atom. The maximum Gasteiger partial charge on any atom is 0.00385 e. The van der Waals surface area contributed by atoms with Crippen molar-refractivity contribution in [3.05, 3.63) is 0 Å². The van der Waals surface area contributed by atoms with Gasteiger partial charge in [-0.1, -0.05) is 13.8 Å². The van der Waals surface area contributed by atoms with Crippen molar-refractivity contribution in [3.63, 3.8) is 0 Å². The van der Waals surface area contributed by atoms with Gasteiger partial charge in [0.1, 0.15) is 0 Å². The van der Waals surface area contributed by atoms with Gasteiger partial charge >= 0.3 is 0 Å². The zero-order valence-electron chi connectivity index (χ0n) is 13.7. The molecule has 0 N–H and O–H groups in total. The third-order valence-corrected chi connectivity index (χ3v) is 3.74. The van der Waals surface area contributed by atoms with Gasteiger partial charge in [0.2, 0.25) is 0 Å². The molecule has 2 heterocycles. The van der Waals surface area contributed by atoms with E-state index in [4.69, 9.17) is 0 Å². The van der Waals surface area contributed by atoms with Gasteiger partial charge in [0.25, 0.3) is 0 Å². The molecular formula is C16H36N2. The van der Waals surface area contributed by atoms with Gasteiger partial charge in [0, 0.05) is 12.1 Å². The summed E-state index contributed by atoms with van der Waals surface area (Å²) < 4.78 is 0. The SMILES string of the molecule is CC.CC(C)N1CCCC1.CC(C)N1CCCC1. The molecular weight excluding hydrogens is 220 g/mol. The van der Waals surface area contributed by atoms with Gasteiger partial charge in [0.15, 0.2) is 0 Å². The Kier molecular flexibility index (Phi) is 10.8. The molecule has 0 aliphatic carbocycles. The molecule has 0 aromatic heterocycles. The third-order valence-electron chi connectivity index (χ3n) is 3.74. The summed E-state index contributed by atoms with van der Waals surface area (Å²) in [5, 5.41) is 0. The molecule has 2 rings (SSSR count). The Morgan fingerprint density at radius 2 is 0.778 bits per heavy atom. The molecule has 0 unspecified atom stereocenters. The lowest BCUT2D eigenvalue weighted by Gasteiger charge is -2.18. The maximum absolute atomic E-state index is 2.53. The molecule has 0 atom stereocenters. The van der Waals surface area contributed by atoms with Gasteiger partial charge in [-0.15, -0.1) is 0 Å². The van der Waals surface area contributed by atoms with E-state index in [-0.39, 0.29) is 0 Å². The molecule has 0 radical (unpaired) electrons. The average molecular weight is 256 g/mol. The van der Waals surface area contributed by atoms with Crippen LogP contribution < -0.4 is 0 Å². The van der Waals surface area contributed by atoms with Crippen molar-refractivity contribution in [1.82, 2.24) is 9.80 Å². The fourth-order valence-electron chi connectivity index (χ4n) is 2.52. The van der Waals surface area contributed by atoms with Crippen LogP contribution in [-0.2, 0) is 0 Å². The summed E-state index contributed by atoms with van der Waals surface area (Å²) in [6, 6.07) is 1.55. The van der Waals surface area contributed by atoms with Gasteiger partial charge in [-0.05, 0) is 79.6 Å². The second kappa shape index (κ2) is 10.8. The van der Waals surface area contributed by atoms with E-state index in [0.717, 1.165) is 12.1 Å². The van der Waals surface area contributed by atoms with Crippen LogP contribution in [0.15, 0.2) is 0 Å². The van der Waals surface area contributed by atoms with Crippen LogP contribution in [0.25, 0.3) is 0 Å². The van der Waals surface area contributed by atoms with Gasteiger partial charge in [-0.2, -0.15) is 0 Å². The predicted molar refractivity (Wildman–Crippen MR) is 83.2 cm³/mol. The molecule has 0 saturated carbocycles. The Labute approximate surface area is 116 Å². The summed E-state index contributed by atoms with van der Waals surface area (Å²) >= 11 is 0. The highest BCUT2D eigenvalue weighted by molar-refractivity contribution is 4.69. The zero-order chi connectivity index (χ0) is 14.0. The first-order valence-electron chi connectivity index (χ1n) is 8.09. The van der Waals surface area contributed by atoms with E-state index in [9.17, 15) is 0 Å². The molecule has 2 nitrogen and oxygen atoms in total. The summed E-state index contributed by atoms with van der Waals surface area (Å²) in [5.74, 6) is 0. The number of likely N-dealkylation sites (tertiary alicyclic amines) is 2. The van der Waals surface area contributed by atoms with Crippen LogP contribution in [0, 0.1) is 0 Å². The lowest BCUT2D eigenvalue weighted by atomic mass is 10.3. The van der Waals surface area contributed by atoms with E-state index < -0.39 is 0 Å². The second-order valence-corrected chi connectivity index (χ2v) is 5.67. The first-order valence-corrected chi connectivity index (χ1v) is 8.09. The van der Waals surface area contributed by atoms with Crippen LogP contribution >= 0.6 is 0 Å². The number of nitrogens with zero attached hydrogens (tertiary/aromatic N) is 2. The molecule has 0 aromatic carbocycles. The molecule has 2 fully saturated rings. The number of hydrogen-bond acceptors (Lipinski definition) is 2. The Bertz CT molecular complexity index is 146. The second-order valence-electron chi connectivity index (χ2n) is 5.67. The fourth-order valence-corrected chi connectivity index (χ4v) is 2.52. The monoisotopic (exact) mass is 256 g/mol. The Balaban J connectivity index is 0.000000283. The fraction of sp³-hybridized carbons (Fsp3) is 1.00. The van der Waals surface area contributed by atoms with Crippen molar-refractivity contribution in [2.24, 2.45) is 0 Å². The highest BCUT2D eigenvalue weighted by Gasteiger charge is 2.13. The summed E-state index contributed by atoms with van der Waals surface area (Å²) in [5.41, 5.74) is 0. The van der Waals surface area contributed by atoms with Crippen LogP contribution in [0.2, 0.25) is 0 Å². The van der Waals surface area contributed by atoms with Crippen molar-refractivity contribution in [1.29, 1.82) is 0 Å². The quantitative estimate of drug-likeness (QED) is 0.736. The third kappa shape index (κ3) is 7.38. The minimum atomic E-state index is 0.775. The van der Waals surface area contributed by atoms with Crippen LogP contribution in [0.4, 0.5) is 0 Å². The van der Waals surface area contributed by atoms with E-state index in [1.54, 1.807) is 0 Å². The minimum Gasteiger partial charge on any atom is -0.301 e. The van der Waals surface area contributed by atoms with Gasteiger partial charge < -0.3 is 9.80 Å². The molecule has 18 heavy (non-hydrogen) atoms. The summed E-state index contributed by atoms with van der Waals surface area (Å²) in [4.78, 5) is 5.06. The van der Waals surface area contributed by atoms with Crippen molar-refractivity contribution in [3.8, 4) is 0 Å². The number of hydrogen-bond donors (Lipinski definition) is 0. The first kappa shape index (κ1) is 17.9. The van der Waals surface area contributed by atoms with E-state index >= 15 is 0 Å². The van der Waals surface area contributed by atoms with Crippen molar-refractivity contribution in [2.75, 3.05) is 26.2 Å². The summed E-state index contributed by atoms with van der Waals surface area (Å²) in [6.45, 7) is 18.4. The maximum atomic E-state index is 2.53. The van der Waals surface area contributed by atoms with E-state index in [0.29, 0.717) is 0 Å². The van der Waals surface area contributed by atoms with Crippen molar-refractivity contribution in [2.45, 2.75) is 79.3 Å². The van der Waals surface area contributed by atoms with Gasteiger partial charge in [0.05, 0.1) is 0 Å². The van der Waals surface area contributed by atoms with Crippen LogP contribution in [-0.4, -0.2) is 48.1 Å². The summed E-state index contributed by atoms with van der Waals surface area (Å²) in [7, 11) is 0. The van der Waals surface area contributed by atoms with Crippen molar-refractivity contribution < 1.29 is 0 Å². The normalized spacial score (nSPS) is 20.7. The highest BCUT2D eigenvalue weighted by atomic mass is 15.2. The molecule has 0 aromatic rings. The molecule has 0 amide bonds. The molecule has 110 valence electrons. The zero-order valence-corrected chi connectivity index (χ0v) is 13.7. The Morgan fingerprint density at radius 1 is 0.556 bits per heavy atom. The van der Waals surface area contributed by atoms with E-state index in [1.165, 1.54) is 51.9 Å². The molecule has 0 bridgehead atoms. The lowest BCUT2D eigenvalue weighted by molar-refractivity contribution is 0.276. The van der Waals surface area contributed by atoms with E-state index in [1.807, 2.05) is 13.8 Å². The topological polar surface area (TPSA) is 6.48 Å². The predicted octanol–water partition coefficient (Wildman–Crippen LogP) is 4.01. The number of rotatable bonds is 2. The lowest BCUT2D eigenvalue weighted by Crippen LogP contribution is -2.26. The smallest absolute Gasteiger partial charge is 0.00385 e. The van der Waals surface area contributed by atoms with E-state index in [2.05, 4.69) is 37.5 Å². The van der Waals surface area contributed by atoms with Crippen molar-refractivity contribution >= 4 is 0 Å². The van der Waals surface area contributed by atoms with Crippen LogP contribution in [0.1, 0.15) is 67.2 Å². The minimum absolute atomic E-state index is 0.775. The first-order chi connectivity index (χ1) is 8.61. The summed E-state index contributed by atoms with van der Waals surface area (Å²) in [6.07, 6.45) is 5.66. The average Bonchev–Trinajstić information content (AvgIpc) is 3.06.